The van der Waals surface area contributed by atoms with Gasteiger partial charge in [-0.1, -0.05) is 48.0 Å². The van der Waals surface area contributed by atoms with E-state index in [0.717, 1.165) is 5.56 Å². The normalized spacial score (nSPS) is 11.8. The van der Waals surface area contributed by atoms with Gasteiger partial charge in [-0.2, -0.15) is 13.2 Å². The minimum Gasteiger partial charge on any atom is -0.437 e. The zero-order chi connectivity index (χ0) is 16.6. The molecule has 0 spiro atoms. The van der Waals surface area contributed by atoms with E-state index in [-0.39, 0.29) is 28.0 Å². The molecule has 2 nitrogen and oxygen atoms in total. The molecule has 0 saturated heterocycles. The van der Waals surface area contributed by atoms with Crippen LogP contribution in [0.3, 0.4) is 0 Å². The molecule has 3 aromatic rings. The standard InChI is InChI=1S/C17H12F3NOS/c1-10-7-8-12-13(9-10)16(21)22-14(11-5-3-2-4-6-11)15(12)23-17(18,19)20/h2-9,21H,1H3. The molecule has 0 unspecified atom stereocenters. The van der Waals surface area contributed by atoms with Gasteiger partial charge in [0.2, 0.25) is 5.55 Å². The van der Waals surface area contributed by atoms with Crippen LogP contribution < -0.4 is 5.55 Å². The number of aryl methyl sites for hydroxylation is 1. The molecule has 6 heteroatoms. The van der Waals surface area contributed by atoms with Crippen LogP contribution in [0.25, 0.3) is 22.1 Å². The van der Waals surface area contributed by atoms with Gasteiger partial charge in [-0.3, -0.25) is 5.41 Å². The number of fused-ring (bicyclic) bond motifs is 1. The van der Waals surface area contributed by atoms with Gasteiger partial charge in [0.15, 0.2) is 5.76 Å². The molecule has 1 N–H and O–H groups in total. The second-order valence-electron chi connectivity index (χ2n) is 5.05. The second-order valence-corrected chi connectivity index (χ2v) is 6.13. The van der Waals surface area contributed by atoms with Gasteiger partial charge >= 0.3 is 5.51 Å². The lowest BCUT2D eigenvalue weighted by Crippen LogP contribution is -2.06. The van der Waals surface area contributed by atoms with E-state index in [4.69, 9.17) is 9.83 Å². The van der Waals surface area contributed by atoms with Gasteiger partial charge in [0.05, 0.1) is 4.90 Å². The van der Waals surface area contributed by atoms with Crippen molar-refractivity contribution in [2.45, 2.75) is 17.3 Å². The summed E-state index contributed by atoms with van der Waals surface area (Å²) in [5.41, 5.74) is -3.22. The number of hydrogen-bond acceptors (Lipinski definition) is 3. The topological polar surface area (TPSA) is 37.0 Å². The molecule has 1 aromatic heterocycles. The third-order valence-corrected chi connectivity index (χ3v) is 4.17. The van der Waals surface area contributed by atoms with E-state index >= 15 is 0 Å². The summed E-state index contributed by atoms with van der Waals surface area (Å²) in [7, 11) is 0. The van der Waals surface area contributed by atoms with Gasteiger partial charge in [0, 0.05) is 16.3 Å². The molecular weight excluding hydrogens is 323 g/mol. The molecule has 0 aliphatic rings. The Bertz CT molecular complexity index is 917. The number of rotatable bonds is 2. The Hall–Kier alpha value is -2.21. The van der Waals surface area contributed by atoms with Gasteiger partial charge in [-0.15, -0.1) is 0 Å². The molecule has 118 valence electrons. The lowest BCUT2D eigenvalue weighted by Gasteiger charge is -2.13. The van der Waals surface area contributed by atoms with Crippen LogP contribution in [-0.2, 0) is 0 Å². The number of thioether (sulfide) groups is 1. The van der Waals surface area contributed by atoms with Crippen molar-refractivity contribution in [1.29, 1.82) is 5.41 Å². The van der Waals surface area contributed by atoms with Crippen LogP contribution in [-0.4, -0.2) is 5.51 Å². The molecule has 0 radical (unpaired) electrons. The predicted molar refractivity (Wildman–Crippen MR) is 84.2 cm³/mol. The lowest BCUT2D eigenvalue weighted by atomic mass is 10.1. The van der Waals surface area contributed by atoms with E-state index in [9.17, 15) is 13.2 Å². The molecule has 3 rings (SSSR count). The summed E-state index contributed by atoms with van der Waals surface area (Å²) in [6.07, 6.45) is 0. The highest BCUT2D eigenvalue weighted by atomic mass is 32.2. The summed E-state index contributed by atoms with van der Waals surface area (Å²) in [6, 6.07) is 13.5. The highest BCUT2D eigenvalue weighted by Gasteiger charge is 2.32. The molecule has 0 aliphatic heterocycles. The first-order chi connectivity index (χ1) is 10.8. The summed E-state index contributed by atoms with van der Waals surface area (Å²) in [5, 5.41) is 8.76. The average Bonchev–Trinajstić information content (AvgIpc) is 2.49. The zero-order valence-corrected chi connectivity index (χ0v) is 12.9. The first-order valence-electron chi connectivity index (χ1n) is 6.78. The Kier molecular flexibility index (Phi) is 3.93. The van der Waals surface area contributed by atoms with Crippen molar-refractivity contribution in [2.24, 2.45) is 0 Å². The Morgan fingerprint density at radius 1 is 1.00 bits per heavy atom. The van der Waals surface area contributed by atoms with Crippen molar-refractivity contribution in [3.05, 3.63) is 59.6 Å². The van der Waals surface area contributed by atoms with Gasteiger partial charge in [-0.05, 0) is 24.8 Å². The molecule has 0 aliphatic carbocycles. The van der Waals surface area contributed by atoms with Gasteiger partial charge < -0.3 is 4.42 Å². The van der Waals surface area contributed by atoms with E-state index < -0.39 is 5.51 Å². The van der Waals surface area contributed by atoms with Crippen molar-refractivity contribution in [1.82, 2.24) is 0 Å². The van der Waals surface area contributed by atoms with Crippen LogP contribution in [0.15, 0.2) is 57.8 Å². The highest BCUT2D eigenvalue weighted by molar-refractivity contribution is 8.00. The van der Waals surface area contributed by atoms with E-state index in [0.29, 0.717) is 16.3 Å². The van der Waals surface area contributed by atoms with E-state index in [1.54, 1.807) is 48.5 Å². The fourth-order valence-electron chi connectivity index (χ4n) is 2.37. The predicted octanol–water partition coefficient (Wildman–Crippen LogP) is 5.50. The number of benzene rings is 2. The molecule has 23 heavy (non-hydrogen) atoms. The minimum absolute atomic E-state index is 0.0188. The Balaban J connectivity index is 2.37. The number of nitrogens with one attached hydrogen (secondary N) is 1. The summed E-state index contributed by atoms with van der Waals surface area (Å²) < 4.78 is 44.5. The van der Waals surface area contributed by atoms with Crippen LogP contribution in [0, 0.1) is 12.3 Å². The van der Waals surface area contributed by atoms with E-state index in [2.05, 4.69) is 0 Å². The molecule has 0 saturated carbocycles. The fourth-order valence-corrected chi connectivity index (χ4v) is 3.14. The van der Waals surface area contributed by atoms with Crippen LogP contribution >= 0.6 is 11.8 Å². The number of alkyl halides is 3. The second kappa shape index (κ2) is 5.77. The van der Waals surface area contributed by atoms with Gasteiger partial charge in [-0.25, -0.2) is 0 Å². The number of hydrogen-bond donors (Lipinski definition) is 1. The molecule has 0 bridgehead atoms. The van der Waals surface area contributed by atoms with Crippen molar-refractivity contribution in [3.63, 3.8) is 0 Å². The summed E-state index contributed by atoms with van der Waals surface area (Å²) in [5.74, 6) is 0.0641. The van der Waals surface area contributed by atoms with Crippen molar-refractivity contribution >= 4 is 22.5 Å². The number of halogens is 3. The van der Waals surface area contributed by atoms with Crippen molar-refractivity contribution < 1.29 is 17.6 Å². The maximum Gasteiger partial charge on any atom is 0.446 e. The average molecular weight is 335 g/mol. The summed E-state index contributed by atoms with van der Waals surface area (Å²) >= 11 is -0.211. The molecule has 1 heterocycles. The van der Waals surface area contributed by atoms with E-state index in [1.165, 1.54) is 0 Å². The maximum atomic E-state index is 13.0. The third kappa shape index (κ3) is 3.27. The van der Waals surface area contributed by atoms with Gasteiger partial charge in [0.25, 0.3) is 0 Å². The smallest absolute Gasteiger partial charge is 0.437 e. The molecule has 0 amide bonds. The lowest BCUT2D eigenvalue weighted by molar-refractivity contribution is -0.0328. The fraction of sp³-hybridized carbons (Fsp3) is 0.118. The largest absolute Gasteiger partial charge is 0.446 e. The third-order valence-electron chi connectivity index (χ3n) is 3.33. The quantitative estimate of drug-likeness (QED) is 0.628. The van der Waals surface area contributed by atoms with E-state index in [1.807, 2.05) is 6.92 Å². The monoisotopic (exact) mass is 335 g/mol. The Labute approximate surface area is 134 Å². The molecule has 0 atom stereocenters. The summed E-state index contributed by atoms with van der Waals surface area (Å²) in [6.45, 7) is 1.82. The highest BCUT2D eigenvalue weighted by Crippen LogP contribution is 2.44. The van der Waals surface area contributed by atoms with Crippen LogP contribution in [0.5, 0.6) is 0 Å². The SMILES string of the molecule is Cc1ccc2c(SC(F)(F)F)c(-c3ccccc3)oc(=N)c2c1. The minimum atomic E-state index is -4.44. The Morgan fingerprint density at radius 2 is 1.70 bits per heavy atom. The first-order valence-corrected chi connectivity index (χ1v) is 7.60. The van der Waals surface area contributed by atoms with Crippen LogP contribution in [0.4, 0.5) is 13.2 Å². The van der Waals surface area contributed by atoms with Crippen molar-refractivity contribution in [2.75, 3.05) is 0 Å². The van der Waals surface area contributed by atoms with Crippen LogP contribution in [0.1, 0.15) is 5.56 Å². The van der Waals surface area contributed by atoms with Gasteiger partial charge in [0.1, 0.15) is 0 Å². The summed E-state index contributed by atoms with van der Waals surface area (Å²) in [4.78, 5) is -0.0188. The van der Waals surface area contributed by atoms with Crippen LogP contribution in [0.2, 0.25) is 0 Å². The molecular formula is C17H12F3NOS. The molecule has 0 fully saturated rings. The zero-order valence-electron chi connectivity index (χ0n) is 12.1. The molecule has 2 aromatic carbocycles. The first kappa shape index (κ1) is 15.7. The van der Waals surface area contributed by atoms with Crippen molar-refractivity contribution in [3.8, 4) is 11.3 Å². The Morgan fingerprint density at radius 3 is 2.35 bits per heavy atom. The maximum absolute atomic E-state index is 13.0.